The van der Waals surface area contributed by atoms with Crippen molar-refractivity contribution in [2.45, 2.75) is 0 Å². The summed E-state index contributed by atoms with van der Waals surface area (Å²) >= 11 is 11.2. The van der Waals surface area contributed by atoms with Gasteiger partial charge in [0.2, 0.25) is 0 Å². The Labute approximate surface area is 107 Å². The number of carbonyl (C=O) groups is 2. The summed E-state index contributed by atoms with van der Waals surface area (Å²) in [5, 5.41) is 8.25. The summed E-state index contributed by atoms with van der Waals surface area (Å²) in [5.41, 5.74) is 0.379. The second-order valence-corrected chi connectivity index (χ2v) is 3.96. The van der Waals surface area contributed by atoms with Gasteiger partial charge < -0.3 is 0 Å². The summed E-state index contributed by atoms with van der Waals surface area (Å²) in [5.74, 6) is -1.44. The van der Waals surface area contributed by atoms with Gasteiger partial charge in [0.15, 0.2) is 0 Å². The predicted octanol–water partition coefficient (Wildman–Crippen LogP) is 2.12. The molecule has 0 aliphatic carbocycles. The third kappa shape index (κ3) is 1.70. The quantitative estimate of drug-likeness (QED) is 0.732. The normalized spacial score (nSPS) is 15.5. The first-order chi connectivity index (χ1) is 8.07. The Hall–Kier alpha value is -1.83. The number of halogens is 2. The number of para-hydroxylation sites is 1. The second kappa shape index (κ2) is 4.21. The molecule has 17 heavy (non-hydrogen) atoms. The molecule has 0 saturated heterocycles. The maximum Gasteiger partial charge on any atom is 0.278 e. The minimum atomic E-state index is -0.718. The van der Waals surface area contributed by atoms with Crippen molar-refractivity contribution in [3.8, 4) is 6.07 Å². The first-order valence-electron chi connectivity index (χ1n) is 4.51. The summed E-state index contributed by atoms with van der Waals surface area (Å²) in [6, 6.07) is 8.11. The molecule has 0 unspecified atom stereocenters. The molecule has 1 aliphatic heterocycles. The molecule has 1 aliphatic rings. The van der Waals surface area contributed by atoms with Crippen LogP contribution in [0.4, 0.5) is 5.69 Å². The van der Waals surface area contributed by atoms with Gasteiger partial charge in [-0.3, -0.25) is 9.59 Å². The Morgan fingerprint density at radius 3 is 2.12 bits per heavy atom. The van der Waals surface area contributed by atoms with Gasteiger partial charge in [-0.2, -0.15) is 5.26 Å². The minimum absolute atomic E-state index is 0.179. The van der Waals surface area contributed by atoms with Crippen LogP contribution >= 0.6 is 23.2 Å². The molecule has 0 N–H and O–H groups in total. The van der Waals surface area contributed by atoms with E-state index < -0.39 is 11.8 Å². The standard InChI is InChI=1S/C11H4Cl2N2O2/c12-8-9(13)11(17)15(10(8)16)7-4-2-1-3-6(7)5-14/h1-4H. The molecular formula is C11H4Cl2N2O2. The van der Waals surface area contributed by atoms with Crippen LogP contribution in [-0.4, -0.2) is 11.8 Å². The number of carbonyl (C=O) groups excluding carboxylic acids is 2. The fraction of sp³-hybridized carbons (Fsp3) is 0. The van der Waals surface area contributed by atoms with E-state index in [0.717, 1.165) is 4.90 Å². The average Bonchev–Trinajstić information content (AvgIpc) is 2.54. The highest BCUT2D eigenvalue weighted by Crippen LogP contribution is 2.32. The Bertz CT molecular complexity index is 578. The van der Waals surface area contributed by atoms with Crippen molar-refractivity contribution in [1.82, 2.24) is 0 Å². The van der Waals surface area contributed by atoms with E-state index in [9.17, 15) is 9.59 Å². The minimum Gasteiger partial charge on any atom is -0.267 e. The number of anilines is 1. The highest BCUT2D eigenvalue weighted by molar-refractivity contribution is 6.62. The van der Waals surface area contributed by atoms with Gasteiger partial charge in [0, 0.05) is 0 Å². The van der Waals surface area contributed by atoms with Gasteiger partial charge in [0.25, 0.3) is 11.8 Å². The largest absolute Gasteiger partial charge is 0.278 e. The van der Waals surface area contributed by atoms with E-state index in [2.05, 4.69) is 0 Å². The summed E-state index contributed by atoms with van der Waals surface area (Å²) in [4.78, 5) is 24.2. The van der Waals surface area contributed by atoms with E-state index in [4.69, 9.17) is 28.5 Å². The highest BCUT2D eigenvalue weighted by atomic mass is 35.5. The lowest BCUT2D eigenvalue weighted by Crippen LogP contribution is -2.31. The van der Waals surface area contributed by atoms with Crippen LogP contribution in [0.3, 0.4) is 0 Å². The van der Waals surface area contributed by atoms with E-state index >= 15 is 0 Å². The van der Waals surface area contributed by atoms with Crippen molar-refractivity contribution in [3.05, 3.63) is 39.9 Å². The molecule has 84 valence electrons. The van der Waals surface area contributed by atoms with E-state index in [1.165, 1.54) is 12.1 Å². The lowest BCUT2D eigenvalue weighted by atomic mass is 10.2. The molecule has 0 aromatic heterocycles. The van der Waals surface area contributed by atoms with Crippen molar-refractivity contribution in [3.63, 3.8) is 0 Å². The summed E-state index contributed by atoms with van der Waals surface area (Å²) < 4.78 is 0. The lowest BCUT2D eigenvalue weighted by Gasteiger charge is -2.15. The van der Waals surface area contributed by atoms with Crippen molar-refractivity contribution < 1.29 is 9.59 Å². The topological polar surface area (TPSA) is 61.2 Å². The molecule has 0 fully saturated rings. The molecule has 0 saturated carbocycles. The Kier molecular flexibility index (Phi) is 2.88. The van der Waals surface area contributed by atoms with E-state index in [0.29, 0.717) is 0 Å². The van der Waals surface area contributed by atoms with Crippen LogP contribution in [0.1, 0.15) is 5.56 Å². The molecule has 2 rings (SSSR count). The third-order valence-electron chi connectivity index (χ3n) is 2.24. The predicted molar refractivity (Wildman–Crippen MR) is 62.4 cm³/mol. The number of imide groups is 1. The summed E-state index contributed by atoms with van der Waals surface area (Å²) in [7, 11) is 0. The van der Waals surface area contributed by atoms with E-state index in [1.807, 2.05) is 6.07 Å². The van der Waals surface area contributed by atoms with Gasteiger partial charge in [0.05, 0.1) is 11.3 Å². The maximum absolute atomic E-state index is 11.7. The molecule has 1 heterocycles. The van der Waals surface area contributed by atoms with Gasteiger partial charge in [-0.05, 0) is 12.1 Å². The van der Waals surface area contributed by atoms with Crippen molar-refractivity contribution >= 4 is 40.7 Å². The number of benzene rings is 1. The van der Waals surface area contributed by atoms with Crippen LogP contribution < -0.4 is 4.90 Å². The van der Waals surface area contributed by atoms with Crippen LogP contribution in [0, 0.1) is 11.3 Å². The van der Waals surface area contributed by atoms with Crippen molar-refractivity contribution in [2.75, 3.05) is 4.90 Å². The molecule has 2 amide bonds. The van der Waals surface area contributed by atoms with Crippen molar-refractivity contribution in [1.29, 1.82) is 5.26 Å². The van der Waals surface area contributed by atoms with Gasteiger partial charge >= 0.3 is 0 Å². The average molecular weight is 267 g/mol. The number of hydrogen-bond acceptors (Lipinski definition) is 3. The van der Waals surface area contributed by atoms with Gasteiger partial charge in [0.1, 0.15) is 16.1 Å². The first-order valence-corrected chi connectivity index (χ1v) is 5.26. The van der Waals surface area contributed by atoms with Crippen LogP contribution in [0.5, 0.6) is 0 Å². The Morgan fingerprint density at radius 2 is 1.59 bits per heavy atom. The molecular weight excluding hydrogens is 263 g/mol. The van der Waals surface area contributed by atoms with Gasteiger partial charge in [-0.25, -0.2) is 4.90 Å². The number of nitriles is 1. The molecule has 6 heteroatoms. The van der Waals surface area contributed by atoms with Crippen LogP contribution in [-0.2, 0) is 9.59 Å². The van der Waals surface area contributed by atoms with Crippen molar-refractivity contribution in [2.24, 2.45) is 0 Å². The zero-order chi connectivity index (χ0) is 12.6. The zero-order valence-electron chi connectivity index (χ0n) is 8.28. The fourth-order valence-corrected chi connectivity index (χ4v) is 1.79. The Morgan fingerprint density at radius 1 is 1.06 bits per heavy atom. The third-order valence-corrected chi connectivity index (χ3v) is 3.04. The monoisotopic (exact) mass is 266 g/mol. The molecule has 1 aromatic rings. The SMILES string of the molecule is N#Cc1ccccc1N1C(=O)C(Cl)=C(Cl)C1=O. The van der Waals surface area contributed by atoms with Crippen LogP contribution in [0.15, 0.2) is 34.3 Å². The van der Waals surface area contributed by atoms with Gasteiger partial charge in [-0.1, -0.05) is 35.3 Å². The van der Waals surface area contributed by atoms with E-state index in [-0.39, 0.29) is 21.3 Å². The number of hydrogen-bond donors (Lipinski definition) is 0. The number of nitrogens with zero attached hydrogens (tertiary/aromatic N) is 2. The van der Waals surface area contributed by atoms with Crippen LogP contribution in [0.25, 0.3) is 0 Å². The van der Waals surface area contributed by atoms with Crippen LogP contribution in [0.2, 0.25) is 0 Å². The lowest BCUT2D eigenvalue weighted by molar-refractivity contribution is -0.120. The fourth-order valence-electron chi connectivity index (χ4n) is 1.46. The molecule has 1 aromatic carbocycles. The number of rotatable bonds is 1. The molecule has 0 atom stereocenters. The highest BCUT2D eigenvalue weighted by Gasteiger charge is 2.38. The first kappa shape index (κ1) is 11.6. The smallest absolute Gasteiger partial charge is 0.267 e. The Balaban J connectivity index is 2.55. The maximum atomic E-state index is 11.7. The molecule has 0 bridgehead atoms. The second-order valence-electron chi connectivity index (χ2n) is 3.20. The molecule has 0 radical (unpaired) electrons. The van der Waals surface area contributed by atoms with Gasteiger partial charge in [-0.15, -0.1) is 0 Å². The molecule has 4 nitrogen and oxygen atoms in total. The zero-order valence-corrected chi connectivity index (χ0v) is 9.79. The molecule has 0 spiro atoms. The van der Waals surface area contributed by atoms with E-state index in [1.54, 1.807) is 12.1 Å². The summed E-state index contributed by atoms with van der Waals surface area (Å²) in [6.07, 6.45) is 0. The number of amides is 2. The summed E-state index contributed by atoms with van der Waals surface area (Å²) in [6.45, 7) is 0.